The highest BCUT2D eigenvalue weighted by Gasteiger charge is 2.27. The van der Waals surface area contributed by atoms with Crippen LogP contribution in [0, 0.1) is 0 Å². The number of carbonyl (C=O) groups excluding carboxylic acids is 2. The van der Waals surface area contributed by atoms with Crippen LogP contribution in [-0.4, -0.2) is 49.8 Å². The van der Waals surface area contributed by atoms with Crippen molar-refractivity contribution in [1.82, 2.24) is 29.6 Å². The number of aromatic nitrogens is 5. The quantitative estimate of drug-likeness (QED) is 0.372. The first kappa shape index (κ1) is 23.4. The molecule has 1 aromatic carbocycles. The van der Waals surface area contributed by atoms with E-state index in [1.54, 1.807) is 48.6 Å². The molecule has 11 heteroatoms. The number of rotatable bonds is 8. The third-order valence-corrected chi connectivity index (χ3v) is 6.05. The van der Waals surface area contributed by atoms with Crippen molar-refractivity contribution in [2.75, 3.05) is 19.0 Å². The summed E-state index contributed by atoms with van der Waals surface area (Å²) < 4.78 is 9.45. The number of ether oxygens (including phenoxy) is 1. The van der Waals surface area contributed by atoms with E-state index in [1.807, 2.05) is 31.5 Å². The van der Waals surface area contributed by atoms with Gasteiger partial charge < -0.3 is 14.6 Å². The lowest BCUT2D eigenvalue weighted by molar-refractivity contribution is 0.0947. The summed E-state index contributed by atoms with van der Waals surface area (Å²) in [5, 5.41) is 10.7. The van der Waals surface area contributed by atoms with Gasteiger partial charge >= 0.3 is 0 Å². The van der Waals surface area contributed by atoms with Gasteiger partial charge in [0, 0.05) is 31.0 Å². The van der Waals surface area contributed by atoms with Crippen LogP contribution in [0.25, 0.3) is 10.3 Å². The maximum atomic E-state index is 12.9. The molecule has 0 fully saturated rings. The molecule has 4 aromatic rings. The highest BCUT2D eigenvalue weighted by atomic mass is 32.1. The highest BCUT2D eigenvalue weighted by Crippen LogP contribution is 2.32. The van der Waals surface area contributed by atoms with Crippen LogP contribution in [0.4, 0.5) is 5.13 Å². The van der Waals surface area contributed by atoms with E-state index >= 15 is 0 Å². The van der Waals surface area contributed by atoms with Gasteiger partial charge in [-0.15, -0.1) is 0 Å². The first-order chi connectivity index (χ1) is 16.3. The van der Waals surface area contributed by atoms with Gasteiger partial charge in [0.2, 0.25) is 0 Å². The van der Waals surface area contributed by atoms with Crippen LogP contribution in [0.1, 0.15) is 48.0 Å². The second-order valence-electron chi connectivity index (χ2n) is 8.70. The molecule has 2 amide bonds. The van der Waals surface area contributed by atoms with Crippen LogP contribution in [0.2, 0.25) is 0 Å². The number of amides is 2. The minimum absolute atomic E-state index is 0.268. The molecule has 0 unspecified atom stereocenters. The fraction of sp³-hybridized carbons (Fsp3) is 0.348. The summed E-state index contributed by atoms with van der Waals surface area (Å²) in [6.45, 7) is 7.22. The first-order valence-corrected chi connectivity index (χ1v) is 11.7. The van der Waals surface area contributed by atoms with Gasteiger partial charge in [0.05, 0.1) is 19.0 Å². The van der Waals surface area contributed by atoms with Gasteiger partial charge in [0.25, 0.3) is 11.8 Å². The van der Waals surface area contributed by atoms with Gasteiger partial charge in [0.1, 0.15) is 10.4 Å². The zero-order valence-electron chi connectivity index (χ0n) is 19.5. The van der Waals surface area contributed by atoms with Crippen LogP contribution in [0.15, 0.2) is 43.0 Å². The monoisotopic (exact) mass is 481 g/mol. The third-order valence-electron chi connectivity index (χ3n) is 5.09. The summed E-state index contributed by atoms with van der Waals surface area (Å²) in [6, 6.07) is 6.81. The van der Waals surface area contributed by atoms with E-state index in [0.29, 0.717) is 39.0 Å². The number of fused-ring (bicyclic) bond motifs is 1. The lowest BCUT2D eigenvalue weighted by Crippen LogP contribution is -2.27. The highest BCUT2D eigenvalue weighted by molar-refractivity contribution is 7.22. The molecule has 34 heavy (non-hydrogen) atoms. The second-order valence-corrected chi connectivity index (χ2v) is 9.69. The van der Waals surface area contributed by atoms with E-state index in [0.717, 1.165) is 13.0 Å². The molecular formula is C23H27N7O3S. The number of thiazole rings is 1. The van der Waals surface area contributed by atoms with Crippen molar-refractivity contribution in [3.63, 3.8) is 0 Å². The molecule has 0 spiro atoms. The zero-order valence-corrected chi connectivity index (χ0v) is 20.3. The van der Waals surface area contributed by atoms with E-state index in [1.165, 1.54) is 11.3 Å². The van der Waals surface area contributed by atoms with Crippen molar-refractivity contribution in [1.29, 1.82) is 0 Å². The van der Waals surface area contributed by atoms with Gasteiger partial charge in [-0.05, 0) is 51.5 Å². The van der Waals surface area contributed by atoms with Crippen LogP contribution in [0.5, 0.6) is 5.75 Å². The molecule has 0 saturated carbocycles. The molecule has 10 nitrogen and oxygen atoms in total. The fourth-order valence-electron chi connectivity index (χ4n) is 3.35. The summed E-state index contributed by atoms with van der Waals surface area (Å²) in [7, 11) is 1.57. The van der Waals surface area contributed by atoms with Crippen LogP contribution in [0.3, 0.4) is 0 Å². The van der Waals surface area contributed by atoms with Gasteiger partial charge in [-0.25, -0.2) is 9.67 Å². The van der Waals surface area contributed by atoms with Crippen LogP contribution in [-0.2, 0) is 12.1 Å². The Morgan fingerprint density at radius 1 is 1.15 bits per heavy atom. The average Bonchev–Trinajstić information content (AvgIpc) is 3.53. The van der Waals surface area contributed by atoms with Crippen LogP contribution >= 0.6 is 11.3 Å². The predicted octanol–water partition coefficient (Wildman–Crippen LogP) is 3.53. The molecule has 0 saturated heterocycles. The van der Waals surface area contributed by atoms with Gasteiger partial charge in [0.15, 0.2) is 16.5 Å². The summed E-state index contributed by atoms with van der Waals surface area (Å²) in [5.41, 5.74) is 0.943. The molecule has 0 atom stereocenters. The molecule has 2 N–H and O–H groups in total. The van der Waals surface area contributed by atoms with Crippen molar-refractivity contribution in [3.8, 4) is 5.75 Å². The lowest BCUT2D eigenvalue weighted by Gasteiger charge is -2.19. The number of anilines is 1. The normalized spacial score (nSPS) is 11.5. The van der Waals surface area contributed by atoms with Gasteiger partial charge in [-0.3, -0.25) is 14.9 Å². The average molecular weight is 482 g/mol. The Morgan fingerprint density at radius 2 is 1.91 bits per heavy atom. The third kappa shape index (κ3) is 5.09. The molecule has 0 aliphatic carbocycles. The van der Waals surface area contributed by atoms with Crippen molar-refractivity contribution in [2.45, 2.75) is 39.3 Å². The van der Waals surface area contributed by atoms with Crippen molar-refractivity contribution < 1.29 is 14.3 Å². The molecule has 4 rings (SSSR count). The molecule has 3 aromatic heterocycles. The molecule has 178 valence electrons. The van der Waals surface area contributed by atoms with E-state index in [-0.39, 0.29) is 11.8 Å². The largest absolute Gasteiger partial charge is 0.497 e. The van der Waals surface area contributed by atoms with E-state index in [2.05, 4.69) is 25.7 Å². The van der Waals surface area contributed by atoms with Gasteiger partial charge in [-0.2, -0.15) is 10.1 Å². The Kier molecular flexibility index (Phi) is 6.64. The number of nitrogens with one attached hydrogen (secondary N) is 2. The standard InChI is InChI=1S/C23H27N7O3S/c1-23(2,3)30-19-18(17(28-30)21(32)25-10-5-12-29-13-11-24-14-29)34-22(26-19)27-20(31)15-6-8-16(33-4)9-7-15/h6-9,11,13-14H,5,10,12H2,1-4H3,(H,25,32)(H,26,27,31). The summed E-state index contributed by atoms with van der Waals surface area (Å²) in [5.74, 6) is 0.109. The fourth-order valence-corrected chi connectivity index (χ4v) is 4.27. The molecule has 0 bridgehead atoms. The van der Waals surface area contributed by atoms with Crippen molar-refractivity contribution in [2.24, 2.45) is 0 Å². The zero-order chi connectivity index (χ0) is 24.3. The number of carbonyl (C=O) groups is 2. The number of hydrogen-bond acceptors (Lipinski definition) is 7. The smallest absolute Gasteiger partial charge is 0.273 e. The molecule has 0 aliphatic rings. The van der Waals surface area contributed by atoms with Crippen molar-refractivity contribution >= 4 is 38.6 Å². The number of methoxy groups -OCH3 is 1. The summed E-state index contributed by atoms with van der Waals surface area (Å²) >= 11 is 1.23. The molecule has 3 heterocycles. The Hall–Kier alpha value is -3.73. The Bertz CT molecular complexity index is 1280. The van der Waals surface area contributed by atoms with E-state index in [4.69, 9.17) is 4.74 Å². The molecule has 0 aliphatic heterocycles. The maximum Gasteiger partial charge on any atom is 0.273 e. The molecule has 0 radical (unpaired) electrons. The summed E-state index contributed by atoms with van der Waals surface area (Å²) in [4.78, 5) is 34.2. The van der Waals surface area contributed by atoms with E-state index < -0.39 is 5.54 Å². The second kappa shape index (κ2) is 9.64. The maximum absolute atomic E-state index is 12.9. The number of aryl methyl sites for hydroxylation is 1. The van der Waals surface area contributed by atoms with Crippen LogP contribution < -0.4 is 15.4 Å². The Morgan fingerprint density at radius 3 is 2.56 bits per heavy atom. The number of imidazole rings is 1. The lowest BCUT2D eigenvalue weighted by atomic mass is 10.1. The SMILES string of the molecule is COc1ccc(C(=O)Nc2nc3c(s2)c(C(=O)NCCCn2ccnc2)nn3C(C)(C)C)cc1. The van der Waals surface area contributed by atoms with Crippen molar-refractivity contribution in [3.05, 3.63) is 54.2 Å². The summed E-state index contributed by atoms with van der Waals surface area (Å²) in [6.07, 6.45) is 6.12. The first-order valence-electron chi connectivity index (χ1n) is 10.9. The minimum atomic E-state index is -0.399. The van der Waals surface area contributed by atoms with Gasteiger partial charge in [-0.1, -0.05) is 11.3 Å². The minimum Gasteiger partial charge on any atom is -0.497 e. The number of benzene rings is 1. The Balaban J connectivity index is 1.52. The molecular weight excluding hydrogens is 454 g/mol. The van der Waals surface area contributed by atoms with E-state index in [9.17, 15) is 9.59 Å². The Labute approximate surface area is 201 Å². The number of hydrogen-bond donors (Lipinski definition) is 2. The topological polar surface area (TPSA) is 116 Å². The number of nitrogens with zero attached hydrogens (tertiary/aromatic N) is 5. The predicted molar refractivity (Wildman–Crippen MR) is 131 cm³/mol.